The van der Waals surface area contributed by atoms with Gasteiger partial charge in [0, 0.05) is 10.5 Å². The third kappa shape index (κ3) is 4.26. The summed E-state index contributed by atoms with van der Waals surface area (Å²) >= 11 is 3.07. The summed E-state index contributed by atoms with van der Waals surface area (Å²) in [7, 11) is 0. The molecule has 1 nitrogen and oxygen atoms in total. The Balaban J connectivity index is 2.84. The Morgan fingerprint density at radius 1 is 1.12 bits per heavy atom. The zero-order valence-corrected chi connectivity index (χ0v) is 11.8. The molecule has 1 aromatic carbocycles. The zero-order valence-electron chi connectivity index (χ0n) is 10.2. The Hall–Kier alpha value is -0.640. The number of anilines is 1. The van der Waals surface area contributed by atoms with Crippen molar-refractivity contribution in [3.63, 3.8) is 0 Å². The lowest BCUT2D eigenvalue weighted by atomic mass is 10.1. The van der Waals surface area contributed by atoms with Crippen LogP contribution >= 0.6 is 15.9 Å². The molecule has 0 aliphatic carbocycles. The summed E-state index contributed by atoms with van der Waals surface area (Å²) in [5.41, 5.74) is -0.0138. The van der Waals surface area contributed by atoms with Crippen molar-refractivity contribution in [1.29, 1.82) is 0 Å². The molecule has 1 rings (SSSR count). The molecule has 0 aromatic heterocycles. The molecule has 96 valence electrons. The van der Waals surface area contributed by atoms with Gasteiger partial charge in [-0.05, 0) is 25.0 Å². The number of hydrogen-bond acceptors (Lipinski definition) is 1. The highest BCUT2D eigenvalue weighted by Crippen LogP contribution is 2.25. The Morgan fingerprint density at radius 2 is 1.59 bits per heavy atom. The molecule has 4 heteroatoms. The summed E-state index contributed by atoms with van der Waals surface area (Å²) < 4.78 is 27.7. The van der Waals surface area contributed by atoms with E-state index in [-0.39, 0.29) is 11.7 Å². The summed E-state index contributed by atoms with van der Waals surface area (Å²) in [5.74, 6) is -1.09. The smallest absolute Gasteiger partial charge is 0.150 e. The van der Waals surface area contributed by atoms with E-state index in [2.05, 4.69) is 35.1 Å². The monoisotopic (exact) mass is 305 g/mol. The van der Waals surface area contributed by atoms with Crippen molar-refractivity contribution in [2.24, 2.45) is 0 Å². The van der Waals surface area contributed by atoms with E-state index in [1.807, 2.05) is 0 Å². The van der Waals surface area contributed by atoms with Gasteiger partial charge in [-0.25, -0.2) is 8.78 Å². The van der Waals surface area contributed by atoms with Crippen LogP contribution < -0.4 is 5.32 Å². The minimum atomic E-state index is -0.547. The molecule has 0 amide bonds. The number of halogens is 3. The lowest BCUT2D eigenvalue weighted by Gasteiger charge is -2.19. The predicted molar refractivity (Wildman–Crippen MR) is 71.3 cm³/mol. The van der Waals surface area contributed by atoms with Gasteiger partial charge in [-0.15, -0.1) is 0 Å². The molecule has 0 saturated heterocycles. The standard InChI is InChI=1S/C13H18BrF2N/c1-3-5-10(6-4-2)17-13-11(15)7-9(14)8-12(13)16/h7-8,10,17H,3-6H2,1-2H3. The van der Waals surface area contributed by atoms with Crippen LogP contribution in [0.1, 0.15) is 39.5 Å². The first kappa shape index (κ1) is 14.4. The molecule has 0 fully saturated rings. The molecule has 17 heavy (non-hydrogen) atoms. The van der Waals surface area contributed by atoms with Crippen molar-refractivity contribution < 1.29 is 8.78 Å². The fourth-order valence-corrected chi connectivity index (χ4v) is 2.27. The molecule has 1 N–H and O–H groups in total. The van der Waals surface area contributed by atoms with Crippen LogP contribution in [0.5, 0.6) is 0 Å². The van der Waals surface area contributed by atoms with Crippen molar-refractivity contribution in [1.82, 2.24) is 0 Å². The molecule has 0 atom stereocenters. The first-order valence-corrected chi connectivity index (χ1v) is 6.78. The minimum absolute atomic E-state index is 0.0138. The van der Waals surface area contributed by atoms with Crippen LogP contribution in [-0.2, 0) is 0 Å². The fraction of sp³-hybridized carbons (Fsp3) is 0.538. The molecule has 0 aliphatic rings. The summed E-state index contributed by atoms with van der Waals surface area (Å²) in [6, 6.07) is 2.69. The molecule has 0 aliphatic heterocycles. The van der Waals surface area contributed by atoms with E-state index < -0.39 is 11.6 Å². The number of benzene rings is 1. The Kier molecular flexibility index (Phi) is 5.89. The maximum absolute atomic E-state index is 13.6. The normalized spacial score (nSPS) is 10.9. The van der Waals surface area contributed by atoms with Crippen molar-refractivity contribution in [2.75, 3.05) is 5.32 Å². The average molecular weight is 306 g/mol. The second kappa shape index (κ2) is 6.94. The van der Waals surface area contributed by atoms with Gasteiger partial charge in [-0.3, -0.25) is 0 Å². The van der Waals surface area contributed by atoms with E-state index in [9.17, 15) is 8.78 Å². The highest BCUT2D eigenvalue weighted by Gasteiger charge is 2.14. The van der Waals surface area contributed by atoms with Gasteiger partial charge in [0.25, 0.3) is 0 Å². The Morgan fingerprint density at radius 3 is 2.00 bits per heavy atom. The maximum atomic E-state index is 13.6. The molecule has 1 aromatic rings. The van der Waals surface area contributed by atoms with E-state index in [0.29, 0.717) is 4.47 Å². The quantitative estimate of drug-likeness (QED) is 0.770. The SMILES string of the molecule is CCCC(CCC)Nc1c(F)cc(Br)cc1F. The lowest BCUT2D eigenvalue weighted by molar-refractivity contribution is 0.553. The van der Waals surface area contributed by atoms with Crippen LogP contribution in [0.25, 0.3) is 0 Å². The van der Waals surface area contributed by atoms with E-state index in [1.165, 1.54) is 12.1 Å². The summed E-state index contributed by atoms with van der Waals surface area (Å²) in [5, 5.41) is 2.97. The fourth-order valence-electron chi connectivity index (χ4n) is 1.87. The summed E-state index contributed by atoms with van der Waals surface area (Å²) in [6.45, 7) is 4.14. The topological polar surface area (TPSA) is 12.0 Å². The van der Waals surface area contributed by atoms with Crippen LogP contribution in [0.3, 0.4) is 0 Å². The van der Waals surface area contributed by atoms with E-state index in [1.54, 1.807) is 0 Å². The van der Waals surface area contributed by atoms with E-state index in [0.717, 1.165) is 25.7 Å². The molecular formula is C13H18BrF2N. The van der Waals surface area contributed by atoms with Crippen LogP contribution in [0.15, 0.2) is 16.6 Å². The summed E-state index contributed by atoms with van der Waals surface area (Å²) in [4.78, 5) is 0. The molecule has 0 spiro atoms. The van der Waals surface area contributed by atoms with Gasteiger partial charge in [0.15, 0.2) is 0 Å². The van der Waals surface area contributed by atoms with Gasteiger partial charge in [-0.1, -0.05) is 42.6 Å². The van der Waals surface area contributed by atoms with E-state index in [4.69, 9.17) is 0 Å². The van der Waals surface area contributed by atoms with Crippen LogP contribution in [0.2, 0.25) is 0 Å². The average Bonchev–Trinajstić information content (AvgIpc) is 2.23. The first-order chi connectivity index (χ1) is 8.08. The lowest BCUT2D eigenvalue weighted by Crippen LogP contribution is -2.20. The Bertz CT molecular complexity index is 339. The van der Waals surface area contributed by atoms with E-state index >= 15 is 0 Å². The van der Waals surface area contributed by atoms with Crippen molar-refractivity contribution in [3.8, 4) is 0 Å². The molecule has 0 heterocycles. The van der Waals surface area contributed by atoms with Crippen LogP contribution in [-0.4, -0.2) is 6.04 Å². The minimum Gasteiger partial charge on any atom is -0.378 e. The van der Waals surface area contributed by atoms with Crippen LogP contribution in [0.4, 0.5) is 14.5 Å². The number of rotatable bonds is 6. The van der Waals surface area contributed by atoms with Gasteiger partial charge >= 0.3 is 0 Å². The second-order valence-electron chi connectivity index (χ2n) is 4.16. The summed E-state index contributed by atoms with van der Waals surface area (Å²) in [6.07, 6.45) is 3.83. The maximum Gasteiger partial charge on any atom is 0.150 e. The zero-order chi connectivity index (χ0) is 12.8. The number of nitrogens with one attached hydrogen (secondary N) is 1. The van der Waals surface area contributed by atoms with Gasteiger partial charge in [-0.2, -0.15) is 0 Å². The first-order valence-electron chi connectivity index (χ1n) is 5.99. The molecule has 0 bridgehead atoms. The van der Waals surface area contributed by atoms with Gasteiger partial charge < -0.3 is 5.32 Å². The third-order valence-corrected chi connectivity index (χ3v) is 3.09. The third-order valence-electron chi connectivity index (χ3n) is 2.63. The van der Waals surface area contributed by atoms with Gasteiger partial charge in [0.2, 0.25) is 0 Å². The largest absolute Gasteiger partial charge is 0.378 e. The van der Waals surface area contributed by atoms with Crippen LogP contribution in [0, 0.1) is 11.6 Å². The molecule has 0 radical (unpaired) electrons. The number of hydrogen-bond donors (Lipinski definition) is 1. The highest BCUT2D eigenvalue weighted by molar-refractivity contribution is 9.10. The van der Waals surface area contributed by atoms with Crippen molar-refractivity contribution >= 4 is 21.6 Å². The Labute approximate surface area is 110 Å². The molecule has 0 unspecified atom stereocenters. The second-order valence-corrected chi connectivity index (χ2v) is 5.08. The predicted octanol–water partition coefficient (Wildman–Crippen LogP) is 5.11. The molecule has 0 saturated carbocycles. The van der Waals surface area contributed by atoms with Gasteiger partial charge in [0.1, 0.15) is 17.3 Å². The van der Waals surface area contributed by atoms with Gasteiger partial charge in [0.05, 0.1) is 0 Å². The van der Waals surface area contributed by atoms with Crippen molar-refractivity contribution in [2.45, 2.75) is 45.6 Å². The van der Waals surface area contributed by atoms with Crippen molar-refractivity contribution in [3.05, 3.63) is 28.2 Å². The molecular weight excluding hydrogens is 288 g/mol. The highest BCUT2D eigenvalue weighted by atomic mass is 79.9.